The molecule has 1 amide bonds. The predicted octanol–water partition coefficient (Wildman–Crippen LogP) is 7.55. The summed E-state index contributed by atoms with van der Waals surface area (Å²) in [5.41, 5.74) is 5.07. The second-order valence-electron chi connectivity index (χ2n) is 7.57. The number of amides is 1. The van der Waals surface area contributed by atoms with Gasteiger partial charge in [0.1, 0.15) is 5.01 Å². The Hall–Kier alpha value is -2.66. The van der Waals surface area contributed by atoms with E-state index < -0.39 is 6.09 Å². The number of carbonyl (C=O) groups excluding carboxylic acids is 1. The van der Waals surface area contributed by atoms with Crippen LogP contribution in [0.3, 0.4) is 0 Å². The predicted molar refractivity (Wildman–Crippen MR) is 126 cm³/mol. The Morgan fingerprint density at radius 2 is 1.90 bits per heavy atom. The summed E-state index contributed by atoms with van der Waals surface area (Å²) in [6.07, 6.45) is 4.08. The Labute approximate surface area is 183 Å². The molecule has 1 N–H and O–H groups in total. The fourth-order valence-corrected chi connectivity index (χ4v) is 4.23. The lowest BCUT2D eigenvalue weighted by Gasteiger charge is -2.15. The molecule has 0 aliphatic heterocycles. The Morgan fingerprint density at radius 3 is 2.60 bits per heavy atom. The largest absolute Gasteiger partial charge is 0.449 e. The molecule has 3 rings (SSSR count). The van der Waals surface area contributed by atoms with Crippen LogP contribution in [0.1, 0.15) is 45.1 Å². The first kappa shape index (κ1) is 22.0. The number of nitrogens with zero attached hydrogens (tertiary/aromatic N) is 1. The van der Waals surface area contributed by atoms with Gasteiger partial charge < -0.3 is 4.74 Å². The highest BCUT2D eigenvalue weighted by Gasteiger charge is 2.11. The summed E-state index contributed by atoms with van der Waals surface area (Å²) in [5.74, 6) is 0.435. The SMILES string of the molecule is CCCCC(CC)COC(=O)Nc1ccc(-c2csc(-c3ccccc3C)n2)cc1. The summed E-state index contributed by atoms with van der Waals surface area (Å²) in [5, 5.41) is 5.90. The number of anilines is 1. The van der Waals surface area contributed by atoms with Crippen molar-refractivity contribution in [1.29, 1.82) is 0 Å². The van der Waals surface area contributed by atoms with Gasteiger partial charge >= 0.3 is 6.09 Å². The number of hydrogen-bond donors (Lipinski definition) is 1. The van der Waals surface area contributed by atoms with E-state index in [0.717, 1.165) is 34.8 Å². The summed E-state index contributed by atoms with van der Waals surface area (Å²) >= 11 is 1.64. The van der Waals surface area contributed by atoms with Crippen LogP contribution in [-0.2, 0) is 4.74 Å². The number of hydrogen-bond acceptors (Lipinski definition) is 4. The molecule has 158 valence electrons. The molecule has 1 unspecified atom stereocenters. The molecule has 30 heavy (non-hydrogen) atoms. The number of carbonyl (C=O) groups is 1. The first-order valence-corrected chi connectivity index (χ1v) is 11.5. The number of rotatable bonds is 9. The minimum Gasteiger partial charge on any atom is -0.449 e. The summed E-state index contributed by atoms with van der Waals surface area (Å²) in [6.45, 7) is 6.89. The molecule has 0 aliphatic rings. The van der Waals surface area contributed by atoms with Crippen molar-refractivity contribution in [2.24, 2.45) is 5.92 Å². The van der Waals surface area contributed by atoms with Gasteiger partial charge in [-0.15, -0.1) is 11.3 Å². The number of nitrogens with one attached hydrogen (secondary N) is 1. The van der Waals surface area contributed by atoms with Crippen molar-refractivity contribution < 1.29 is 9.53 Å². The van der Waals surface area contributed by atoms with Crippen molar-refractivity contribution in [1.82, 2.24) is 4.98 Å². The van der Waals surface area contributed by atoms with Crippen molar-refractivity contribution in [3.05, 3.63) is 59.5 Å². The van der Waals surface area contributed by atoms with Gasteiger partial charge in [-0.05, 0) is 37.0 Å². The molecule has 3 aromatic rings. The van der Waals surface area contributed by atoms with Gasteiger partial charge in [0, 0.05) is 22.2 Å². The van der Waals surface area contributed by atoms with Gasteiger partial charge in [0.25, 0.3) is 0 Å². The van der Waals surface area contributed by atoms with E-state index >= 15 is 0 Å². The Kier molecular flexibility index (Phi) is 8.03. The maximum atomic E-state index is 12.1. The van der Waals surface area contributed by atoms with Crippen LogP contribution in [0.25, 0.3) is 21.8 Å². The zero-order chi connectivity index (χ0) is 21.3. The molecule has 4 nitrogen and oxygen atoms in total. The number of benzene rings is 2. The Bertz CT molecular complexity index is 950. The lowest BCUT2D eigenvalue weighted by Crippen LogP contribution is -2.18. The molecule has 2 aromatic carbocycles. The van der Waals surface area contributed by atoms with Crippen LogP contribution in [0.2, 0.25) is 0 Å². The summed E-state index contributed by atoms with van der Waals surface area (Å²) < 4.78 is 5.41. The van der Waals surface area contributed by atoms with E-state index in [1.807, 2.05) is 36.4 Å². The molecule has 0 bridgehead atoms. The molecule has 0 saturated carbocycles. The number of aromatic nitrogens is 1. The molecule has 0 fully saturated rings. The van der Waals surface area contributed by atoms with Crippen LogP contribution in [0.4, 0.5) is 10.5 Å². The Morgan fingerprint density at radius 1 is 1.13 bits per heavy atom. The molecule has 0 saturated heterocycles. The van der Waals surface area contributed by atoms with Gasteiger partial charge in [0.15, 0.2) is 0 Å². The van der Waals surface area contributed by atoms with Gasteiger partial charge in [0.2, 0.25) is 0 Å². The van der Waals surface area contributed by atoms with Crippen molar-refractivity contribution in [2.45, 2.75) is 46.5 Å². The van der Waals surface area contributed by atoms with Gasteiger partial charge in [-0.1, -0.05) is 69.5 Å². The highest BCUT2D eigenvalue weighted by molar-refractivity contribution is 7.13. The van der Waals surface area contributed by atoms with E-state index in [9.17, 15) is 4.79 Å². The third kappa shape index (κ3) is 5.92. The van der Waals surface area contributed by atoms with E-state index in [1.165, 1.54) is 24.0 Å². The lowest BCUT2D eigenvalue weighted by atomic mass is 10.0. The fraction of sp³-hybridized carbons (Fsp3) is 0.360. The van der Waals surface area contributed by atoms with Crippen LogP contribution in [0.15, 0.2) is 53.9 Å². The normalized spacial score (nSPS) is 11.8. The standard InChI is InChI=1S/C25H30N2O2S/c1-4-6-10-19(5-2)16-29-25(28)26-21-14-12-20(13-15-21)23-17-30-24(27-23)22-11-8-7-9-18(22)3/h7-9,11-15,17,19H,4-6,10,16H2,1-3H3,(H,26,28). The second-order valence-corrected chi connectivity index (χ2v) is 8.43. The van der Waals surface area contributed by atoms with E-state index in [4.69, 9.17) is 9.72 Å². The van der Waals surface area contributed by atoms with Gasteiger partial charge in [-0.25, -0.2) is 9.78 Å². The zero-order valence-corrected chi connectivity index (χ0v) is 18.8. The second kappa shape index (κ2) is 10.9. The van der Waals surface area contributed by atoms with Crippen molar-refractivity contribution in [2.75, 3.05) is 11.9 Å². The van der Waals surface area contributed by atoms with Crippen LogP contribution in [-0.4, -0.2) is 17.7 Å². The number of ether oxygens (including phenoxy) is 1. The van der Waals surface area contributed by atoms with Gasteiger partial charge in [-0.3, -0.25) is 5.32 Å². The quantitative estimate of drug-likeness (QED) is 0.387. The third-order valence-corrected chi connectivity index (χ3v) is 6.18. The smallest absolute Gasteiger partial charge is 0.411 e. The molecular weight excluding hydrogens is 392 g/mol. The Balaban J connectivity index is 1.58. The number of unbranched alkanes of at least 4 members (excludes halogenated alkanes) is 1. The van der Waals surface area contributed by atoms with Crippen molar-refractivity contribution in [3.8, 4) is 21.8 Å². The van der Waals surface area contributed by atoms with E-state index in [-0.39, 0.29) is 0 Å². The molecule has 5 heteroatoms. The molecule has 0 spiro atoms. The van der Waals surface area contributed by atoms with Gasteiger partial charge in [0.05, 0.1) is 12.3 Å². The lowest BCUT2D eigenvalue weighted by molar-refractivity contribution is 0.136. The molecular formula is C25H30N2O2S. The third-order valence-electron chi connectivity index (χ3n) is 5.30. The molecule has 1 atom stereocenters. The first-order chi connectivity index (χ1) is 14.6. The van der Waals surface area contributed by atoms with Crippen LogP contribution in [0.5, 0.6) is 0 Å². The van der Waals surface area contributed by atoms with E-state index in [2.05, 4.69) is 43.6 Å². The highest BCUT2D eigenvalue weighted by atomic mass is 32.1. The molecule has 0 radical (unpaired) electrons. The van der Waals surface area contributed by atoms with Crippen LogP contribution < -0.4 is 5.32 Å². The topological polar surface area (TPSA) is 51.2 Å². The summed E-state index contributed by atoms with van der Waals surface area (Å²) in [7, 11) is 0. The monoisotopic (exact) mass is 422 g/mol. The van der Waals surface area contributed by atoms with Crippen LogP contribution >= 0.6 is 11.3 Å². The van der Waals surface area contributed by atoms with Gasteiger partial charge in [-0.2, -0.15) is 0 Å². The van der Waals surface area contributed by atoms with Crippen molar-refractivity contribution >= 4 is 23.1 Å². The average Bonchev–Trinajstić information content (AvgIpc) is 3.25. The average molecular weight is 423 g/mol. The summed E-state index contributed by atoms with van der Waals surface area (Å²) in [4.78, 5) is 16.9. The number of thiazole rings is 1. The highest BCUT2D eigenvalue weighted by Crippen LogP contribution is 2.31. The van der Waals surface area contributed by atoms with Crippen LogP contribution in [0, 0.1) is 12.8 Å². The number of aryl methyl sites for hydroxylation is 1. The van der Waals surface area contributed by atoms with Crippen molar-refractivity contribution in [3.63, 3.8) is 0 Å². The molecule has 1 aromatic heterocycles. The molecule has 1 heterocycles. The minimum absolute atomic E-state index is 0.395. The fourth-order valence-electron chi connectivity index (χ4n) is 3.31. The summed E-state index contributed by atoms with van der Waals surface area (Å²) in [6, 6.07) is 16.0. The maximum absolute atomic E-state index is 12.1. The first-order valence-electron chi connectivity index (χ1n) is 10.7. The maximum Gasteiger partial charge on any atom is 0.411 e. The van der Waals surface area contributed by atoms with E-state index in [1.54, 1.807) is 11.3 Å². The zero-order valence-electron chi connectivity index (χ0n) is 18.0. The molecule has 0 aliphatic carbocycles. The van der Waals surface area contributed by atoms with E-state index in [0.29, 0.717) is 12.5 Å². The minimum atomic E-state index is -0.395.